The number of hydrogen-bond donors (Lipinski definition) is 0. The molecule has 0 spiro atoms. The topological polar surface area (TPSA) is 91.8 Å². The van der Waals surface area contributed by atoms with Gasteiger partial charge in [-0.15, -0.1) is 5.10 Å². The Labute approximate surface area is 119 Å². The second-order valence-corrected chi connectivity index (χ2v) is 4.82. The van der Waals surface area contributed by atoms with Crippen LogP contribution in [0.1, 0.15) is 18.2 Å². The lowest BCUT2D eigenvalue weighted by atomic mass is 10.1. The molecule has 1 aliphatic rings. The number of hydrogen-bond acceptors (Lipinski definition) is 7. The van der Waals surface area contributed by atoms with Crippen LogP contribution in [0.3, 0.4) is 0 Å². The van der Waals surface area contributed by atoms with Crippen LogP contribution in [-0.2, 0) is 4.74 Å². The van der Waals surface area contributed by atoms with Crippen molar-refractivity contribution in [2.24, 2.45) is 0 Å². The molecule has 0 N–H and O–H groups in total. The van der Waals surface area contributed by atoms with Crippen LogP contribution in [0.4, 0.5) is 0 Å². The van der Waals surface area contributed by atoms with Crippen LogP contribution in [0.5, 0.6) is 0 Å². The van der Waals surface area contributed by atoms with E-state index in [1.54, 1.807) is 4.68 Å². The first kappa shape index (κ1) is 12.2. The van der Waals surface area contributed by atoms with Crippen LogP contribution in [-0.4, -0.2) is 43.6 Å². The van der Waals surface area contributed by atoms with Gasteiger partial charge >= 0.3 is 0 Å². The van der Waals surface area contributed by atoms with E-state index < -0.39 is 0 Å². The second-order valence-electron chi connectivity index (χ2n) is 4.82. The van der Waals surface area contributed by atoms with Gasteiger partial charge in [0.25, 0.3) is 5.89 Å². The smallest absolute Gasteiger partial charge is 0.258 e. The molecule has 8 nitrogen and oxygen atoms in total. The Kier molecular flexibility index (Phi) is 2.93. The molecular formula is C13H12N6O2. The number of rotatable bonds is 3. The van der Waals surface area contributed by atoms with E-state index in [2.05, 4.69) is 25.7 Å². The number of benzene rings is 1. The lowest BCUT2D eigenvalue weighted by molar-refractivity contribution is 0.192. The average molecular weight is 284 g/mol. The normalized spacial score (nSPS) is 18.2. The van der Waals surface area contributed by atoms with Gasteiger partial charge in [-0.2, -0.15) is 4.98 Å². The molecule has 3 heterocycles. The Morgan fingerprint density at radius 1 is 1.29 bits per heavy atom. The fourth-order valence-corrected chi connectivity index (χ4v) is 2.32. The third-order valence-electron chi connectivity index (χ3n) is 3.44. The molecular weight excluding hydrogens is 272 g/mol. The zero-order valence-corrected chi connectivity index (χ0v) is 11.1. The van der Waals surface area contributed by atoms with Crippen molar-refractivity contribution in [3.8, 4) is 17.1 Å². The number of tetrazole rings is 1. The molecule has 0 unspecified atom stereocenters. The minimum atomic E-state index is 0.227. The van der Waals surface area contributed by atoms with Crippen LogP contribution in [0.15, 0.2) is 35.1 Å². The first-order valence-corrected chi connectivity index (χ1v) is 6.65. The monoisotopic (exact) mass is 284 g/mol. The van der Waals surface area contributed by atoms with Crippen LogP contribution >= 0.6 is 0 Å². The van der Waals surface area contributed by atoms with Crippen LogP contribution in [0.25, 0.3) is 17.1 Å². The summed E-state index contributed by atoms with van der Waals surface area (Å²) in [5.74, 6) is 1.42. The van der Waals surface area contributed by atoms with Crippen molar-refractivity contribution in [1.29, 1.82) is 0 Å². The summed E-state index contributed by atoms with van der Waals surface area (Å²) in [7, 11) is 0. The Morgan fingerprint density at radius 3 is 3.10 bits per heavy atom. The molecule has 1 atom stereocenters. The summed E-state index contributed by atoms with van der Waals surface area (Å²) in [6.45, 7) is 1.41. The zero-order chi connectivity index (χ0) is 14.1. The molecule has 0 aliphatic carbocycles. The predicted octanol–water partition coefficient (Wildman–Crippen LogP) is 1.22. The van der Waals surface area contributed by atoms with Gasteiger partial charge in [-0.25, -0.2) is 4.68 Å². The largest absolute Gasteiger partial charge is 0.381 e. The fourth-order valence-electron chi connectivity index (χ4n) is 2.32. The summed E-state index contributed by atoms with van der Waals surface area (Å²) in [6, 6.07) is 7.62. The highest BCUT2D eigenvalue weighted by molar-refractivity contribution is 5.57. The molecule has 1 aliphatic heterocycles. The first-order chi connectivity index (χ1) is 10.4. The SMILES string of the molecule is c1cc(-c2nc([C@@H]3CCOC3)no2)cc(-n2cnnn2)c1. The van der Waals surface area contributed by atoms with Gasteiger partial charge in [0.1, 0.15) is 6.33 Å². The zero-order valence-electron chi connectivity index (χ0n) is 11.1. The van der Waals surface area contributed by atoms with E-state index in [4.69, 9.17) is 9.26 Å². The molecule has 0 amide bonds. The van der Waals surface area contributed by atoms with E-state index >= 15 is 0 Å². The molecule has 4 rings (SSSR count). The van der Waals surface area contributed by atoms with E-state index in [0.29, 0.717) is 18.3 Å². The van der Waals surface area contributed by atoms with Crippen LogP contribution in [0, 0.1) is 0 Å². The minimum Gasteiger partial charge on any atom is -0.381 e. The van der Waals surface area contributed by atoms with Crippen molar-refractivity contribution in [2.45, 2.75) is 12.3 Å². The molecule has 1 saturated heterocycles. The molecule has 0 saturated carbocycles. The highest BCUT2D eigenvalue weighted by Crippen LogP contribution is 2.26. The van der Waals surface area contributed by atoms with Gasteiger partial charge in [-0.05, 0) is 35.0 Å². The highest BCUT2D eigenvalue weighted by atomic mass is 16.5. The minimum absolute atomic E-state index is 0.227. The third kappa shape index (κ3) is 2.29. The summed E-state index contributed by atoms with van der Waals surface area (Å²) in [6.07, 6.45) is 2.47. The maximum Gasteiger partial charge on any atom is 0.258 e. The first-order valence-electron chi connectivity index (χ1n) is 6.65. The summed E-state index contributed by atoms with van der Waals surface area (Å²) in [5, 5.41) is 15.2. The van der Waals surface area contributed by atoms with E-state index in [9.17, 15) is 0 Å². The van der Waals surface area contributed by atoms with Crippen molar-refractivity contribution in [3.05, 3.63) is 36.4 Å². The Morgan fingerprint density at radius 2 is 2.29 bits per heavy atom. The maximum atomic E-state index is 5.36. The molecule has 0 bridgehead atoms. The number of ether oxygens (including phenoxy) is 1. The van der Waals surface area contributed by atoms with Gasteiger partial charge in [0.2, 0.25) is 0 Å². The summed E-state index contributed by atoms with van der Waals surface area (Å²) < 4.78 is 12.3. The molecule has 1 fully saturated rings. The standard InChI is InChI=1S/C13H12N6O2/c1-2-9(6-11(3-1)19-8-14-17-18-19)13-15-12(16-21-13)10-4-5-20-7-10/h1-3,6,8,10H,4-5,7H2/t10-/m1/s1. The second kappa shape index (κ2) is 5.06. The molecule has 106 valence electrons. The van der Waals surface area contributed by atoms with Crippen molar-refractivity contribution in [3.63, 3.8) is 0 Å². The third-order valence-corrected chi connectivity index (χ3v) is 3.44. The molecule has 8 heteroatoms. The number of aromatic nitrogens is 6. The molecule has 3 aromatic rings. The van der Waals surface area contributed by atoms with E-state index in [1.165, 1.54) is 6.33 Å². The lowest BCUT2D eigenvalue weighted by Gasteiger charge is -2.00. The predicted molar refractivity (Wildman–Crippen MR) is 70.6 cm³/mol. The Bertz CT molecular complexity index is 733. The number of nitrogens with zero attached hydrogens (tertiary/aromatic N) is 6. The van der Waals surface area contributed by atoms with Crippen molar-refractivity contribution in [2.75, 3.05) is 13.2 Å². The van der Waals surface area contributed by atoms with E-state index in [1.807, 2.05) is 24.3 Å². The fraction of sp³-hybridized carbons (Fsp3) is 0.308. The summed E-state index contributed by atoms with van der Waals surface area (Å²) >= 11 is 0. The van der Waals surface area contributed by atoms with Crippen molar-refractivity contribution in [1.82, 2.24) is 30.3 Å². The van der Waals surface area contributed by atoms with Crippen molar-refractivity contribution >= 4 is 0 Å². The van der Waals surface area contributed by atoms with Crippen molar-refractivity contribution < 1.29 is 9.26 Å². The lowest BCUT2D eigenvalue weighted by Crippen LogP contribution is -1.99. The summed E-state index contributed by atoms with van der Waals surface area (Å²) in [5.41, 5.74) is 1.67. The van der Waals surface area contributed by atoms with Gasteiger partial charge in [0, 0.05) is 18.1 Å². The van der Waals surface area contributed by atoms with Crippen LogP contribution < -0.4 is 0 Å². The molecule has 0 radical (unpaired) electrons. The molecule has 1 aromatic carbocycles. The van der Waals surface area contributed by atoms with Gasteiger partial charge in [-0.3, -0.25) is 0 Å². The highest BCUT2D eigenvalue weighted by Gasteiger charge is 2.23. The van der Waals surface area contributed by atoms with Gasteiger partial charge in [0.05, 0.1) is 12.3 Å². The molecule has 21 heavy (non-hydrogen) atoms. The Balaban J connectivity index is 1.65. The van der Waals surface area contributed by atoms with Gasteiger partial charge in [0.15, 0.2) is 5.82 Å². The van der Waals surface area contributed by atoms with Gasteiger partial charge in [-0.1, -0.05) is 11.2 Å². The van der Waals surface area contributed by atoms with E-state index in [0.717, 1.165) is 24.3 Å². The maximum absolute atomic E-state index is 5.36. The summed E-state index contributed by atoms with van der Waals surface area (Å²) in [4.78, 5) is 4.47. The quantitative estimate of drug-likeness (QED) is 0.713. The molecule has 2 aromatic heterocycles. The van der Waals surface area contributed by atoms with Gasteiger partial charge < -0.3 is 9.26 Å². The van der Waals surface area contributed by atoms with Crippen LogP contribution in [0.2, 0.25) is 0 Å². The Hall–Kier alpha value is -2.61. The van der Waals surface area contributed by atoms with E-state index in [-0.39, 0.29) is 5.92 Å². The average Bonchev–Trinajstić information content (AvgIpc) is 3.26.